The van der Waals surface area contributed by atoms with Crippen LogP contribution in [0.5, 0.6) is 0 Å². The fourth-order valence-corrected chi connectivity index (χ4v) is 3.53. The Morgan fingerprint density at radius 2 is 1.03 bits per heavy atom. The molecule has 0 aromatic rings. The third kappa shape index (κ3) is 21.2. The van der Waals surface area contributed by atoms with Gasteiger partial charge in [0.05, 0.1) is 17.9 Å². The highest BCUT2D eigenvalue weighted by atomic mass is 16.5. The van der Waals surface area contributed by atoms with Gasteiger partial charge in [-0.1, -0.05) is 104 Å². The number of ether oxygens (including phenoxy) is 1. The number of aliphatic hydroxyl groups excluding tert-OH is 1. The van der Waals surface area contributed by atoms with Crippen molar-refractivity contribution in [2.75, 3.05) is 0 Å². The number of aliphatic hydroxyl groups is 1. The van der Waals surface area contributed by atoms with Crippen LogP contribution in [0, 0.1) is 0 Å². The average Bonchev–Trinajstić information content (AvgIpc) is 2.71. The molecule has 0 aromatic carbocycles. The van der Waals surface area contributed by atoms with Gasteiger partial charge >= 0.3 is 11.9 Å². The molecule has 0 aliphatic carbocycles. The number of unbranched alkanes of at least 4 members (excludes halogenated alkanes) is 14. The van der Waals surface area contributed by atoms with Gasteiger partial charge in [0.1, 0.15) is 5.76 Å². The lowest BCUT2D eigenvalue weighted by Gasteiger charge is -2.07. The molecular formula is C26H46O5. The number of rotatable bonds is 21. The van der Waals surface area contributed by atoms with Crippen molar-refractivity contribution in [2.45, 2.75) is 129 Å². The maximum atomic E-state index is 12.0. The van der Waals surface area contributed by atoms with Crippen LogP contribution >= 0.6 is 0 Å². The Hall–Kier alpha value is -1.78. The van der Waals surface area contributed by atoms with E-state index in [2.05, 4.69) is 13.8 Å². The van der Waals surface area contributed by atoms with E-state index in [0.29, 0.717) is 12.8 Å². The number of aliphatic carboxylic acids is 1. The highest BCUT2D eigenvalue weighted by Gasteiger charge is 2.09. The molecule has 5 nitrogen and oxygen atoms in total. The van der Waals surface area contributed by atoms with E-state index in [-0.39, 0.29) is 11.5 Å². The van der Waals surface area contributed by atoms with Crippen LogP contribution < -0.4 is 0 Å². The van der Waals surface area contributed by atoms with Crippen molar-refractivity contribution in [1.29, 1.82) is 0 Å². The predicted octanol–water partition coefficient (Wildman–Crippen LogP) is 8.00. The van der Waals surface area contributed by atoms with E-state index in [1.54, 1.807) is 0 Å². The summed E-state index contributed by atoms with van der Waals surface area (Å²) < 4.78 is 5.17. The lowest BCUT2D eigenvalue weighted by Crippen LogP contribution is -2.05. The quantitative estimate of drug-likeness (QED) is 0.0820. The minimum absolute atomic E-state index is 0.00135. The van der Waals surface area contributed by atoms with Crippen LogP contribution in [0.15, 0.2) is 23.7 Å². The van der Waals surface area contributed by atoms with Gasteiger partial charge in [0, 0.05) is 12.8 Å². The third-order valence-electron chi connectivity index (χ3n) is 5.36. The summed E-state index contributed by atoms with van der Waals surface area (Å²) in [6, 6.07) is 0. The van der Waals surface area contributed by atoms with Crippen LogP contribution in [0.1, 0.15) is 129 Å². The van der Waals surface area contributed by atoms with E-state index in [0.717, 1.165) is 50.7 Å². The monoisotopic (exact) mass is 438 g/mol. The van der Waals surface area contributed by atoms with Crippen LogP contribution in [0.25, 0.3) is 0 Å². The number of hydrogen-bond donors (Lipinski definition) is 2. The van der Waals surface area contributed by atoms with Gasteiger partial charge in [-0.2, -0.15) is 0 Å². The van der Waals surface area contributed by atoms with Crippen molar-refractivity contribution in [3.63, 3.8) is 0 Å². The van der Waals surface area contributed by atoms with Gasteiger partial charge in [-0.3, -0.25) is 0 Å². The minimum Gasteiger partial charge on any atom is -0.512 e. The van der Waals surface area contributed by atoms with Crippen molar-refractivity contribution < 1.29 is 24.5 Å². The van der Waals surface area contributed by atoms with Gasteiger partial charge in [0.15, 0.2) is 0 Å². The van der Waals surface area contributed by atoms with Crippen LogP contribution in [-0.4, -0.2) is 22.2 Å². The van der Waals surface area contributed by atoms with E-state index in [4.69, 9.17) is 9.84 Å². The molecule has 0 saturated carbocycles. The van der Waals surface area contributed by atoms with Crippen LogP contribution in [0.4, 0.5) is 0 Å². The smallest absolute Gasteiger partial charge is 0.339 e. The molecule has 0 amide bonds. The Morgan fingerprint density at radius 3 is 1.48 bits per heavy atom. The standard InChI is InChI=1S/C26H46O5/c1-3-5-7-9-11-12-14-15-17-19-23(27)21-26(30)31-24(22-25(28)29)20-18-16-13-10-8-6-4-2/h21-22,27H,3-20H2,1-2H3,(H,28,29). The lowest BCUT2D eigenvalue weighted by molar-refractivity contribution is -0.134. The first kappa shape index (κ1) is 29.2. The summed E-state index contributed by atoms with van der Waals surface area (Å²) >= 11 is 0. The minimum atomic E-state index is -1.13. The van der Waals surface area contributed by atoms with Crippen LogP contribution in [0.3, 0.4) is 0 Å². The molecule has 2 N–H and O–H groups in total. The molecule has 0 rings (SSSR count). The molecule has 0 radical (unpaired) electrons. The van der Waals surface area contributed by atoms with Gasteiger partial charge in [0.2, 0.25) is 0 Å². The number of allylic oxidation sites excluding steroid dienone is 2. The molecule has 0 unspecified atom stereocenters. The summed E-state index contributed by atoms with van der Waals surface area (Å²) in [4.78, 5) is 23.0. The van der Waals surface area contributed by atoms with Crippen molar-refractivity contribution in [3.8, 4) is 0 Å². The van der Waals surface area contributed by atoms with E-state index in [1.165, 1.54) is 64.2 Å². The molecule has 5 heteroatoms. The van der Waals surface area contributed by atoms with Gasteiger partial charge in [-0.15, -0.1) is 0 Å². The molecule has 180 valence electrons. The van der Waals surface area contributed by atoms with E-state index < -0.39 is 11.9 Å². The van der Waals surface area contributed by atoms with Crippen molar-refractivity contribution >= 4 is 11.9 Å². The summed E-state index contributed by atoms with van der Waals surface area (Å²) in [6.07, 6.45) is 21.3. The zero-order valence-electron chi connectivity index (χ0n) is 20.0. The predicted molar refractivity (Wildman–Crippen MR) is 127 cm³/mol. The largest absolute Gasteiger partial charge is 0.512 e. The molecule has 0 heterocycles. The lowest BCUT2D eigenvalue weighted by atomic mass is 10.1. The molecule has 0 saturated heterocycles. The Morgan fingerprint density at radius 1 is 0.613 bits per heavy atom. The summed E-state index contributed by atoms with van der Waals surface area (Å²) in [5.74, 6) is -1.69. The first-order chi connectivity index (χ1) is 15.0. The Balaban J connectivity index is 4.09. The number of carbonyl (C=O) groups excluding carboxylic acids is 1. The molecule has 0 atom stereocenters. The zero-order chi connectivity index (χ0) is 23.2. The van der Waals surface area contributed by atoms with Gasteiger partial charge < -0.3 is 14.9 Å². The topological polar surface area (TPSA) is 83.8 Å². The van der Waals surface area contributed by atoms with Crippen molar-refractivity contribution in [3.05, 3.63) is 23.7 Å². The number of hydrogen-bond acceptors (Lipinski definition) is 4. The summed E-state index contributed by atoms with van der Waals surface area (Å²) in [7, 11) is 0. The van der Waals surface area contributed by atoms with E-state index in [9.17, 15) is 14.7 Å². The Kier molecular flexibility index (Phi) is 20.2. The second-order valence-corrected chi connectivity index (χ2v) is 8.46. The normalized spacial score (nSPS) is 12.2. The van der Waals surface area contributed by atoms with Gasteiger partial charge in [-0.05, 0) is 12.8 Å². The molecule has 0 aliphatic rings. The second kappa shape index (κ2) is 21.5. The highest BCUT2D eigenvalue weighted by molar-refractivity contribution is 5.85. The Bertz CT molecular complexity index is 522. The van der Waals surface area contributed by atoms with Gasteiger partial charge in [-0.25, -0.2) is 9.59 Å². The fraction of sp³-hybridized carbons (Fsp3) is 0.769. The molecule has 0 spiro atoms. The molecule has 0 aliphatic heterocycles. The van der Waals surface area contributed by atoms with Crippen LogP contribution in [0.2, 0.25) is 0 Å². The first-order valence-electron chi connectivity index (χ1n) is 12.5. The Labute approximate surface area is 190 Å². The maximum absolute atomic E-state index is 12.0. The maximum Gasteiger partial charge on any atom is 0.339 e. The van der Waals surface area contributed by atoms with E-state index in [1.807, 2.05) is 0 Å². The SMILES string of the molecule is CCCCCCCCCCCC(O)=CC(=O)OC(=CC(=O)O)CCCCCCCCC. The van der Waals surface area contributed by atoms with Crippen LogP contribution in [-0.2, 0) is 14.3 Å². The number of carbonyl (C=O) groups is 2. The number of carboxylic acid groups (broad SMARTS) is 1. The van der Waals surface area contributed by atoms with Crippen molar-refractivity contribution in [2.24, 2.45) is 0 Å². The number of esters is 1. The zero-order valence-corrected chi connectivity index (χ0v) is 20.0. The average molecular weight is 439 g/mol. The summed E-state index contributed by atoms with van der Waals surface area (Å²) in [5.41, 5.74) is 0. The summed E-state index contributed by atoms with van der Waals surface area (Å²) in [6.45, 7) is 4.40. The number of carboxylic acids is 1. The third-order valence-corrected chi connectivity index (χ3v) is 5.36. The van der Waals surface area contributed by atoms with Gasteiger partial charge in [0.25, 0.3) is 0 Å². The molecule has 0 fully saturated rings. The van der Waals surface area contributed by atoms with Crippen molar-refractivity contribution in [1.82, 2.24) is 0 Å². The highest BCUT2D eigenvalue weighted by Crippen LogP contribution is 2.15. The fourth-order valence-electron chi connectivity index (χ4n) is 3.53. The summed E-state index contributed by atoms with van der Waals surface area (Å²) in [5, 5.41) is 18.9. The molecule has 0 aromatic heterocycles. The molecule has 31 heavy (non-hydrogen) atoms. The van der Waals surface area contributed by atoms with E-state index >= 15 is 0 Å². The molecular weight excluding hydrogens is 392 g/mol. The first-order valence-corrected chi connectivity index (χ1v) is 12.5. The molecule has 0 bridgehead atoms. The second-order valence-electron chi connectivity index (χ2n) is 8.46.